The molecule has 6 nitrogen and oxygen atoms in total. The SMILES string of the molecule is CC1=C(C(=O)Nc2ccccc2)[N+]([O-])([O-])CCO1. The topological polar surface area (TPSA) is 84.5 Å². The van der Waals surface area contributed by atoms with E-state index in [1.165, 1.54) is 6.92 Å². The summed E-state index contributed by atoms with van der Waals surface area (Å²) >= 11 is 0. The Kier molecular flexibility index (Phi) is 3.33. The molecule has 1 aliphatic heterocycles. The lowest BCUT2D eigenvalue weighted by Crippen LogP contribution is -2.46. The Balaban J connectivity index is 2.23. The van der Waals surface area contributed by atoms with Gasteiger partial charge in [-0.3, -0.25) is 4.79 Å². The standard InChI is InChI=1S/C12H13N2O4/c1-9-11(14(16,17)7-8-18-9)12(15)13-10-5-3-2-4-6-10/h2-6H,7-8H2,1H3,(H,13,15)/q-1. The molecule has 2 rings (SSSR count). The summed E-state index contributed by atoms with van der Waals surface area (Å²) in [7, 11) is 0. The number of allylic oxidation sites excluding steroid dienone is 1. The fourth-order valence-corrected chi connectivity index (χ4v) is 1.77. The Labute approximate surface area is 104 Å². The van der Waals surface area contributed by atoms with Crippen LogP contribution in [0.25, 0.3) is 0 Å². The molecule has 0 saturated heterocycles. The number of quaternary nitrogens is 1. The first-order chi connectivity index (χ1) is 8.50. The summed E-state index contributed by atoms with van der Waals surface area (Å²) in [5.41, 5.74) is 0.0958. The number of nitrogens with zero attached hydrogens (tertiary/aromatic N) is 1. The molecule has 0 atom stereocenters. The number of carbonyl (C=O) groups is 1. The predicted octanol–water partition coefficient (Wildman–Crippen LogP) is 1.70. The minimum atomic E-state index is -1.95. The number of nitrogens with one attached hydrogen (secondary N) is 1. The van der Waals surface area contributed by atoms with Gasteiger partial charge in [0.05, 0.1) is 0 Å². The van der Waals surface area contributed by atoms with Crippen molar-refractivity contribution in [3.05, 3.63) is 52.2 Å². The number of hydrogen-bond acceptors (Lipinski definition) is 4. The highest BCUT2D eigenvalue weighted by Crippen LogP contribution is 2.24. The summed E-state index contributed by atoms with van der Waals surface area (Å²) in [5.74, 6) is -0.636. The Bertz CT molecular complexity index is 482. The van der Waals surface area contributed by atoms with Crippen molar-refractivity contribution < 1.29 is 14.3 Å². The van der Waals surface area contributed by atoms with Crippen molar-refractivity contribution in [3.63, 3.8) is 0 Å². The minimum Gasteiger partial charge on any atom is -0.626 e. The van der Waals surface area contributed by atoms with Crippen molar-refractivity contribution in [3.8, 4) is 0 Å². The monoisotopic (exact) mass is 249 g/mol. The van der Waals surface area contributed by atoms with Crippen LogP contribution in [-0.4, -0.2) is 23.9 Å². The smallest absolute Gasteiger partial charge is 0.313 e. The molecule has 0 aromatic heterocycles. The number of para-hydroxylation sites is 1. The van der Waals surface area contributed by atoms with E-state index in [0.29, 0.717) is 5.69 Å². The van der Waals surface area contributed by atoms with Crippen molar-refractivity contribution in [1.29, 1.82) is 0 Å². The lowest BCUT2D eigenvalue weighted by Gasteiger charge is -2.49. The largest absolute Gasteiger partial charge is 0.626 e. The number of hydroxylamine groups is 4. The normalized spacial score (nSPS) is 18.2. The van der Waals surface area contributed by atoms with Crippen molar-refractivity contribution in [2.24, 2.45) is 0 Å². The van der Waals surface area contributed by atoms with E-state index >= 15 is 0 Å². The van der Waals surface area contributed by atoms with Gasteiger partial charge in [0.1, 0.15) is 13.2 Å². The summed E-state index contributed by atoms with van der Waals surface area (Å²) in [5, 5.41) is 25.9. The lowest BCUT2D eigenvalue weighted by molar-refractivity contribution is -0.791. The summed E-state index contributed by atoms with van der Waals surface area (Å²) in [6.07, 6.45) is 0. The zero-order valence-electron chi connectivity index (χ0n) is 9.88. The van der Waals surface area contributed by atoms with Gasteiger partial charge in [0.25, 0.3) is 0 Å². The molecule has 18 heavy (non-hydrogen) atoms. The van der Waals surface area contributed by atoms with Crippen molar-refractivity contribution in [2.45, 2.75) is 6.92 Å². The molecular weight excluding hydrogens is 236 g/mol. The zero-order valence-corrected chi connectivity index (χ0v) is 9.88. The third kappa shape index (κ3) is 2.51. The van der Waals surface area contributed by atoms with Crippen LogP contribution < -0.4 is 5.32 Å². The summed E-state index contributed by atoms with van der Waals surface area (Å²) in [6.45, 7) is 1.16. The van der Waals surface area contributed by atoms with E-state index in [0.717, 1.165) is 0 Å². The predicted molar refractivity (Wildman–Crippen MR) is 65.6 cm³/mol. The van der Waals surface area contributed by atoms with Gasteiger partial charge in [-0.25, -0.2) is 0 Å². The van der Waals surface area contributed by atoms with Crippen molar-refractivity contribution >= 4 is 11.6 Å². The average molecular weight is 249 g/mol. The van der Waals surface area contributed by atoms with Crippen LogP contribution in [0.15, 0.2) is 41.8 Å². The highest BCUT2D eigenvalue weighted by molar-refractivity contribution is 6.02. The van der Waals surface area contributed by atoms with E-state index < -0.39 is 16.4 Å². The van der Waals surface area contributed by atoms with E-state index in [9.17, 15) is 15.2 Å². The van der Waals surface area contributed by atoms with Crippen molar-refractivity contribution in [2.75, 3.05) is 18.5 Å². The molecule has 6 heteroatoms. The highest BCUT2D eigenvalue weighted by atomic mass is 16.8. The Morgan fingerprint density at radius 3 is 2.61 bits per heavy atom. The minimum absolute atomic E-state index is 0.0287. The Hall–Kier alpha value is -1.89. The van der Waals surface area contributed by atoms with Crippen LogP contribution in [0, 0.1) is 10.4 Å². The molecule has 96 valence electrons. The van der Waals surface area contributed by atoms with Gasteiger partial charge >= 0.3 is 5.91 Å². The molecule has 0 bridgehead atoms. The van der Waals surface area contributed by atoms with Gasteiger partial charge in [-0.2, -0.15) is 0 Å². The van der Waals surface area contributed by atoms with Crippen LogP contribution in [0.1, 0.15) is 6.92 Å². The Morgan fingerprint density at radius 1 is 1.33 bits per heavy atom. The number of amides is 1. The molecule has 1 aromatic carbocycles. The lowest BCUT2D eigenvalue weighted by atomic mass is 10.2. The molecular formula is C12H13N2O4-. The fraction of sp³-hybridized carbons (Fsp3) is 0.250. The maximum Gasteiger partial charge on any atom is 0.313 e. The Morgan fingerprint density at radius 2 is 2.00 bits per heavy atom. The first kappa shape index (κ1) is 12.6. The van der Waals surface area contributed by atoms with Crippen LogP contribution in [-0.2, 0) is 9.53 Å². The zero-order chi connectivity index (χ0) is 13.2. The molecule has 0 spiro atoms. The molecule has 0 aliphatic carbocycles. The van der Waals surface area contributed by atoms with Crippen LogP contribution in [0.3, 0.4) is 0 Å². The highest BCUT2D eigenvalue weighted by Gasteiger charge is 2.30. The van der Waals surface area contributed by atoms with Crippen LogP contribution in [0.2, 0.25) is 0 Å². The van der Waals surface area contributed by atoms with Gasteiger partial charge in [-0.05, 0) is 19.1 Å². The summed E-state index contributed by atoms with van der Waals surface area (Å²) in [6, 6.07) is 8.62. The molecule has 0 fully saturated rings. The number of rotatable bonds is 2. The maximum atomic E-state index is 11.9. The van der Waals surface area contributed by atoms with Gasteiger partial charge in [-0.1, -0.05) is 18.2 Å². The molecule has 1 aromatic rings. The number of anilines is 1. The van der Waals surface area contributed by atoms with E-state index in [1.807, 2.05) is 0 Å². The van der Waals surface area contributed by atoms with E-state index in [4.69, 9.17) is 4.74 Å². The molecule has 1 N–H and O–H groups in total. The van der Waals surface area contributed by atoms with Crippen LogP contribution >= 0.6 is 0 Å². The quantitative estimate of drug-likeness (QED) is 0.638. The van der Waals surface area contributed by atoms with Crippen LogP contribution in [0.4, 0.5) is 5.69 Å². The second-order valence-electron chi connectivity index (χ2n) is 3.97. The summed E-state index contributed by atoms with van der Waals surface area (Å²) in [4.78, 5) is 9.98. The second-order valence-corrected chi connectivity index (χ2v) is 3.97. The van der Waals surface area contributed by atoms with Gasteiger partial charge in [0.15, 0.2) is 5.76 Å². The first-order valence-electron chi connectivity index (χ1n) is 5.51. The third-order valence-electron chi connectivity index (χ3n) is 2.63. The van der Waals surface area contributed by atoms with E-state index in [-0.39, 0.29) is 18.9 Å². The fourth-order valence-electron chi connectivity index (χ4n) is 1.77. The van der Waals surface area contributed by atoms with Gasteiger partial charge in [0, 0.05) is 5.69 Å². The van der Waals surface area contributed by atoms with E-state index in [2.05, 4.69) is 5.32 Å². The number of hydrogen-bond donors (Lipinski definition) is 1. The first-order valence-corrected chi connectivity index (χ1v) is 5.51. The molecule has 0 unspecified atom stereocenters. The van der Waals surface area contributed by atoms with Crippen molar-refractivity contribution in [1.82, 2.24) is 0 Å². The maximum absolute atomic E-state index is 11.9. The molecule has 1 aliphatic rings. The van der Waals surface area contributed by atoms with Crippen LogP contribution in [0.5, 0.6) is 0 Å². The molecule has 1 amide bonds. The summed E-state index contributed by atoms with van der Waals surface area (Å²) < 4.78 is 5.09. The number of carbonyl (C=O) groups excluding carboxylic acids is 1. The second kappa shape index (κ2) is 4.77. The van der Waals surface area contributed by atoms with Gasteiger partial charge in [-0.15, -0.1) is 0 Å². The average Bonchev–Trinajstić information content (AvgIpc) is 2.28. The number of benzene rings is 1. The number of ether oxygens (including phenoxy) is 1. The molecule has 0 saturated carbocycles. The van der Waals surface area contributed by atoms with E-state index in [1.54, 1.807) is 30.3 Å². The van der Waals surface area contributed by atoms with Gasteiger partial charge in [0.2, 0.25) is 5.70 Å². The van der Waals surface area contributed by atoms with Gasteiger partial charge < -0.3 is 25.3 Å². The molecule has 1 heterocycles. The third-order valence-corrected chi connectivity index (χ3v) is 2.63. The molecule has 0 radical (unpaired) electrons.